The number of rotatable bonds is 5. The third kappa shape index (κ3) is 4.38. The van der Waals surface area contributed by atoms with Gasteiger partial charge in [-0.05, 0) is 49.6 Å². The molecule has 2 aromatic heterocycles. The van der Waals surface area contributed by atoms with Gasteiger partial charge in [0.15, 0.2) is 5.16 Å². The molecule has 0 aliphatic heterocycles. The van der Waals surface area contributed by atoms with Gasteiger partial charge in [0.2, 0.25) is 5.91 Å². The minimum atomic E-state index is -0.922. The van der Waals surface area contributed by atoms with Gasteiger partial charge in [-0.15, -0.1) is 11.3 Å². The Morgan fingerprint density at radius 3 is 2.43 bits per heavy atom. The highest BCUT2D eigenvalue weighted by molar-refractivity contribution is 8.00. The fraction of sp³-hybridized carbons (Fsp3) is 0.300. The molecule has 0 fully saturated rings. The zero-order valence-electron chi connectivity index (χ0n) is 16.9. The van der Waals surface area contributed by atoms with Crippen LogP contribution in [0, 0.1) is 19.8 Å². The van der Waals surface area contributed by atoms with Crippen molar-refractivity contribution in [1.82, 2.24) is 14.9 Å². The van der Waals surface area contributed by atoms with E-state index in [4.69, 9.17) is 22.3 Å². The Kier molecular flexibility index (Phi) is 6.54. The number of nitrogens with one attached hydrogen (secondary N) is 1. The molecule has 0 radical (unpaired) electrons. The SMILES string of the molecule is Cc1sc2nc(SC(C(=O)NC(N)=O)C(C)C)n(-c3ccc(Cl)cc3)c(=O)c2c1C. The van der Waals surface area contributed by atoms with Crippen LogP contribution in [-0.4, -0.2) is 26.7 Å². The maximum absolute atomic E-state index is 13.5. The van der Waals surface area contributed by atoms with E-state index in [1.165, 1.54) is 15.9 Å². The molecule has 0 aliphatic rings. The van der Waals surface area contributed by atoms with E-state index in [1.807, 2.05) is 27.7 Å². The van der Waals surface area contributed by atoms with Gasteiger partial charge in [-0.3, -0.25) is 19.5 Å². The van der Waals surface area contributed by atoms with Gasteiger partial charge in [0.05, 0.1) is 16.3 Å². The number of carbonyl (C=O) groups excluding carboxylic acids is 2. The van der Waals surface area contributed by atoms with Crippen LogP contribution >= 0.6 is 34.7 Å². The second-order valence-electron chi connectivity index (χ2n) is 7.11. The second-order valence-corrected chi connectivity index (χ2v) is 9.86. The van der Waals surface area contributed by atoms with Crippen LogP contribution < -0.4 is 16.6 Å². The van der Waals surface area contributed by atoms with Crippen LogP contribution in [0.4, 0.5) is 4.79 Å². The number of carbonyl (C=O) groups is 2. The molecule has 7 nitrogen and oxygen atoms in total. The first kappa shape index (κ1) is 22.3. The number of aromatic nitrogens is 2. The molecule has 2 heterocycles. The minimum absolute atomic E-state index is 0.146. The molecule has 1 unspecified atom stereocenters. The van der Waals surface area contributed by atoms with Crippen LogP contribution in [-0.2, 0) is 4.79 Å². The number of hydrogen-bond donors (Lipinski definition) is 2. The first-order valence-corrected chi connectivity index (χ1v) is 11.2. The van der Waals surface area contributed by atoms with E-state index in [0.29, 0.717) is 26.1 Å². The summed E-state index contributed by atoms with van der Waals surface area (Å²) in [6.45, 7) is 7.53. The fourth-order valence-corrected chi connectivity index (χ4v) is 5.28. The lowest BCUT2D eigenvalue weighted by Crippen LogP contribution is -2.42. The summed E-state index contributed by atoms with van der Waals surface area (Å²) in [6, 6.07) is 5.91. The zero-order chi connectivity index (χ0) is 22.2. The third-order valence-corrected chi connectivity index (χ3v) is 7.45. The lowest BCUT2D eigenvalue weighted by atomic mass is 10.1. The number of imide groups is 1. The molecule has 0 saturated carbocycles. The number of nitrogens with zero attached hydrogens (tertiary/aromatic N) is 2. The normalized spacial score (nSPS) is 12.3. The highest BCUT2D eigenvalue weighted by atomic mass is 35.5. The summed E-state index contributed by atoms with van der Waals surface area (Å²) in [6.07, 6.45) is 0. The maximum Gasteiger partial charge on any atom is 0.318 e. The Morgan fingerprint density at radius 1 is 1.23 bits per heavy atom. The second kappa shape index (κ2) is 8.79. The molecular weight excluding hydrogens is 444 g/mol. The molecule has 30 heavy (non-hydrogen) atoms. The molecule has 158 valence electrons. The minimum Gasteiger partial charge on any atom is -0.351 e. The van der Waals surface area contributed by atoms with Crippen molar-refractivity contribution < 1.29 is 9.59 Å². The molecule has 3 rings (SSSR count). The van der Waals surface area contributed by atoms with Gasteiger partial charge in [0, 0.05) is 9.90 Å². The average Bonchev–Trinajstić information content (AvgIpc) is 2.94. The Balaban J connectivity index is 2.22. The number of primary amides is 1. The third-order valence-electron chi connectivity index (χ3n) is 4.60. The van der Waals surface area contributed by atoms with E-state index in [1.54, 1.807) is 24.3 Å². The number of benzene rings is 1. The number of hydrogen-bond acceptors (Lipinski definition) is 6. The molecule has 3 N–H and O–H groups in total. The molecule has 3 amide bonds. The van der Waals surface area contributed by atoms with E-state index in [-0.39, 0.29) is 11.5 Å². The number of thiophene rings is 1. The molecule has 0 saturated heterocycles. The molecule has 10 heteroatoms. The van der Waals surface area contributed by atoms with Crippen molar-refractivity contribution >= 4 is 56.9 Å². The lowest BCUT2D eigenvalue weighted by Gasteiger charge is -2.20. The van der Waals surface area contributed by atoms with E-state index >= 15 is 0 Å². The standard InChI is InChI=1S/C20H21ClN4O3S2/c1-9(2)15(16(26)23-19(22)28)30-20-24-17-14(10(3)11(4)29-17)18(27)25(20)13-7-5-12(21)6-8-13/h5-9,15H,1-4H3,(H3,22,23,26,28). The average molecular weight is 465 g/mol. The number of halogens is 1. The monoisotopic (exact) mass is 464 g/mol. The van der Waals surface area contributed by atoms with Crippen molar-refractivity contribution in [3.63, 3.8) is 0 Å². The van der Waals surface area contributed by atoms with Crippen LogP contribution in [0.1, 0.15) is 24.3 Å². The first-order chi connectivity index (χ1) is 14.1. The first-order valence-electron chi connectivity index (χ1n) is 9.15. The highest BCUT2D eigenvalue weighted by Crippen LogP contribution is 2.33. The number of thioether (sulfide) groups is 1. The number of urea groups is 1. The highest BCUT2D eigenvalue weighted by Gasteiger charge is 2.28. The van der Waals surface area contributed by atoms with E-state index < -0.39 is 17.2 Å². The molecule has 1 aromatic carbocycles. The van der Waals surface area contributed by atoms with Crippen LogP contribution in [0.3, 0.4) is 0 Å². The summed E-state index contributed by atoms with van der Waals surface area (Å²) in [5, 5.41) is 2.90. The van der Waals surface area contributed by atoms with E-state index in [2.05, 4.69) is 5.32 Å². The van der Waals surface area contributed by atoms with E-state index in [9.17, 15) is 14.4 Å². The van der Waals surface area contributed by atoms with Crippen molar-refractivity contribution in [2.45, 2.75) is 38.1 Å². The molecule has 3 aromatic rings. The maximum atomic E-state index is 13.5. The number of amides is 3. The largest absolute Gasteiger partial charge is 0.351 e. The van der Waals surface area contributed by atoms with Crippen LogP contribution in [0.25, 0.3) is 15.9 Å². The topological polar surface area (TPSA) is 107 Å². The van der Waals surface area contributed by atoms with Crippen molar-refractivity contribution in [2.75, 3.05) is 0 Å². The fourth-order valence-electron chi connectivity index (χ4n) is 2.97. The number of aryl methyl sites for hydroxylation is 2. The van der Waals surface area contributed by atoms with Gasteiger partial charge in [0.1, 0.15) is 4.83 Å². The quantitative estimate of drug-likeness (QED) is 0.438. The van der Waals surface area contributed by atoms with Crippen molar-refractivity contribution in [1.29, 1.82) is 0 Å². The van der Waals surface area contributed by atoms with Crippen molar-refractivity contribution in [2.24, 2.45) is 11.7 Å². The summed E-state index contributed by atoms with van der Waals surface area (Å²) in [4.78, 5) is 43.5. The summed E-state index contributed by atoms with van der Waals surface area (Å²) >= 11 is 8.57. The lowest BCUT2D eigenvalue weighted by molar-refractivity contribution is -0.120. The van der Waals surface area contributed by atoms with Gasteiger partial charge in [0.25, 0.3) is 5.56 Å². The van der Waals surface area contributed by atoms with Gasteiger partial charge in [-0.25, -0.2) is 9.78 Å². The Bertz CT molecular complexity index is 1190. The van der Waals surface area contributed by atoms with Crippen molar-refractivity contribution in [3.05, 3.63) is 50.1 Å². The Labute approximate surface area is 186 Å². The summed E-state index contributed by atoms with van der Waals surface area (Å²) < 4.78 is 1.48. The van der Waals surface area contributed by atoms with Crippen LogP contribution in [0.2, 0.25) is 5.02 Å². The predicted molar refractivity (Wildman–Crippen MR) is 122 cm³/mol. The van der Waals surface area contributed by atoms with Gasteiger partial charge in [-0.1, -0.05) is 37.2 Å². The predicted octanol–water partition coefficient (Wildman–Crippen LogP) is 4.03. The van der Waals surface area contributed by atoms with Crippen LogP contribution in [0.15, 0.2) is 34.2 Å². The van der Waals surface area contributed by atoms with Gasteiger partial charge < -0.3 is 5.73 Å². The summed E-state index contributed by atoms with van der Waals surface area (Å²) in [5.41, 5.74) is 6.37. The molecule has 0 bridgehead atoms. The summed E-state index contributed by atoms with van der Waals surface area (Å²) in [5.74, 6) is -0.675. The molecule has 0 spiro atoms. The molecule has 0 aliphatic carbocycles. The smallest absolute Gasteiger partial charge is 0.318 e. The molecular formula is C20H21ClN4O3S2. The van der Waals surface area contributed by atoms with E-state index in [0.717, 1.165) is 22.2 Å². The van der Waals surface area contributed by atoms with Gasteiger partial charge in [-0.2, -0.15) is 0 Å². The number of fused-ring (bicyclic) bond motifs is 1. The molecule has 1 atom stereocenters. The number of nitrogens with two attached hydrogens (primary N) is 1. The Hall–Kier alpha value is -2.36. The van der Waals surface area contributed by atoms with Gasteiger partial charge >= 0.3 is 6.03 Å². The summed E-state index contributed by atoms with van der Waals surface area (Å²) in [7, 11) is 0. The van der Waals surface area contributed by atoms with Crippen molar-refractivity contribution in [3.8, 4) is 5.69 Å². The Morgan fingerprint density at radius 2 is 1.87 bits per heavy atom. The zero-order valence-corrected chi connectivity index (χ0v) is 19.2. The van der Waals surface area contributed by atoms with Crippen LogP contribution in [0.5, 0.6) is 0 Å².